The van der Waals surface area contributed by atoms with Crippen molar-refractivity contribution >= 4 is 5.91 Å². The van der Waals surface area contributed by atoms with Crippen LogP contribution in [-0.2, 0) is 4.79 Å². The predicted molar refractivity (Wildman–Crippen MR) is 325 cm³/mol. The first kappa shape index (κ1) is 73.0. The van der Waals surface area contributed by atoms with Gasteiger partial charge in [0.15, 0.2) is 0 Å². The first-order valence-corrected chi connectivity index (χ1v) is 34.1. The minimum absolute atomic E-state index is 0.374. The minimum Gasteiger partial charge on any atom is -0.394 e. The number of allylic oxidation sites excluding steroid dienone is 2. The van der Waals surface area contributed by atoms with E-state index >= 15 is 0 Å². The summed E-state index contributed by atoms with van der Waals surface area (Å²) in [5, 5.41) is 44.2. The molecule has 442 valence electrons. The number of unbranched alkanes of at least 4 members (excludes halogenated alkanes) is 53. The van der Waals surface area contributed by atoms with Gasteiger partial charge in [0.1, 0.15) is 12.2 Å². The second-order valence-corrected chi connectivity index (χ2v) is 23.9. The van der Waals surface area contributed by atoms with Crippen molar-refractivity contribution in [2.75, 3.05) is 6.61 Å². The molecule has 6 heteroatoms. The molecule has 0 aliphatic rings. The molecule has 4 atom stereocenters. The van der Waals surface area contributed by atoms with Gasteiger partial charge in [-0.1, -0.05) is 360 Å². The zero-order chi connectivity index (χ0) is 53.7. The van der Waals surface area contributed by atoms with Gasteiger partial charge in [-0.3, -0.25) is 4.79 Å². The standard InChI is InChI=1S/C68H135NO5/c1-3-5-7-9-11-13-15-17-19-21-23-25-26-27-28-29-30-31-32-33-34-35-36-37-38-39-40-41-42-44-46-48-50-52-54-56-58-60-62-66(72)68(74)69-64(63-70)67(73)65(71)61-59-57-55-53-51-49-47-45-43-24-22-20-18-16-14-12-10-8-6-4-2/h33-34,64-67,70-73H,3-32,35-63H2,1-2H3,(H,69,74)/b34-33-. The summed E-state index contributed by atoms with van der Waals surface area (Å²) in [6, 6.07) is -0.983. The summed E-state index contributed by atoms with van der Waals surface area (Å²) in [6.45, 7) is 4.11. The Morgan fingerprint density at radius 3 is 0.784 bits per heavy atom. The molecule has 0 saturated carbocycles. The van der Waals surface area contributed by atoms with Crippen LogP contribution in [0.4, 0.5) is 0 Å². The maximum atomic E-state index is 12.6. The van der Waals surface area contributed by atoms with E-state index in [9.17, 15) is 25.2 Å². The zero-order valence-electron chi connectivity index (χ0n) is 50.4. The molecule has 0 aromatic heterocycles. The van der Waals surface area contributed by atoms with Crippen LogP contribution < -0.4 is 5.32 Å². The van der Waals surface area contributed by atoms with Gasteiger partial charge in [0.05, 0.1) is 18.8 Å². The molecule has 0 bridgehead atoms. The van der Waals surface area contributed by atoms with E-state index in [4.69, 9.17) is 0 Å². The molecule has 0 aromatic carbocycles. The highest BCUT2D eigenvalue weighted by atomic mass is 16.3. The maximum Gasteiger partial charge on any atom is 0.249 e. The number of carbonyl (C=O) groups is 1. The van der Waals surface area contributed by atoms with Crippen LogP contribution in [0, 0.1) is 0 Å². The molecular weight excluding hydrogens is 911 g/mol. The SMILES string of the molecule is CCCCCCCCCCCCCCCCCCCC/C=C\CCCCCCCCCCCCCCCCCCC(O)C(=O)NC(CO)C(O)C(O)CCCCCCCCCCCCCCCCCCCCCC. The first-order chi connectivity index (χ1) is 36.5. The Kier molecular flexibility index (Phi) is 62.1. The second-order valence-electron chi connectivity index (χ2n) is 23.9. The van der Waals surface area contributed by atoms with Gasteiger partial charge in [-0.15, -0.1) is 0 Å². The molecule has 0 radical (unpaired) electrons. The molecule has 74 heavy (non-hydrogen) atoms. The number of amides is 1. The van der Waals surface area contributed by atoms with E-state index in [0.717, 1.165) is 38.5 Å². The van der Waals surface area contributed by atoms with Crippen LogP contribution in [0.15, 0.2) is 12.2 Å². The molecule has 1 amide bonds. The van der Waals surface area contributed by atoms with Crippen molar-refractivity contribution in [2.24, 2.45) is 0 Å². The smallest absolute Gasteiger partial charge is 0.249 e. The van der Waals surface area contributed by atoms with Crippen molar-refractivity contribution < 1.29 is 25.2 Å². The molecule has 0 aliphatic carbocycles. The Morgan fingerprint density at radius 2 is 0.541 bits per heavy atom. The van der Waals surface area contributed by atoms with Gasteiger partial charge >= 0.3 is 0 Å². The van der Waals surface area contributed by atoms with Crippen LogP contribution in [0.3, 0.4) is 0 Å². The van der Waals surface area contributed by atoms with E-state index in [-0.39, 0.29) is 0 Å². The second kappa shape index (κ2) is 62.9. The lowest BCUT2D eigenvalue weighted by atomic mass is 9.99. The van der Waals surface area contributed by atoms with Gasteiger partial charge in [0, 0.05) is 0 Å². The molecule has 0 saturated heterocycles. The number of hydrogen-bond acceptors (Lipinski definition) is 5. The van der Waals surface area contributed by atoms with Gasteiger partial charge in [-0.25, -0.2) is 0 Å². The van der Waals surface area contributed by atoms with Crippen LogP contribution in [0.25, 0.3) is 0 Å². The Balaban J connectivity index is 3.50. The van der Waals surface area contributed by atoms with Gasteiger partial charge in [-0.2, -0.15) is 0 Å². The van der Waals surface area contributed by atoms with Crippen LogP contribution >= 0.6 is 0 Å². The molecule has 0 fully saturated rings. The molecule has 5 N–H and O–H groups in total. The van der Waals surface area contributed by atoms with E-state index < -0.39 is 36.9 Å². The quantitative estimate of drug-likeness (QED) is 0.0308. The van der Waals surface area contributed by atoms with E-state index in [1.807, 2.05) is 0 Å². The summed E-state index contributed by atoms with van der Waals surface area (Å²) in [7, 11) is 0. The topological polar surface area (TPSA) is 110 Å². The van der Waals surface area contributed by atoms with Crippen molar-refractivity contribution in [1.29, 1.82) is 0 Å². The van der Waals surface area contributed by atoms with Crippen molar-refractivity contribution in [3.05, 3.63) is 12.2 Å². The average Bonchev–Trinajstić information content (AvgIpc) is 3.41. The normalized spacial score (nSPS) is 13.5. The molecule has 0 heterocycles. The van der Waals surface area contributed by atoms with Gasteiger partial charge in [0.2, 0.25) is 5.91 Å². The Hall–Kier alpha value is -0.950. The zero-order valence-corrected chi connectivity index (χ0v) is 50.4. The molecule has 6 nitrogen and oxygen atoms in total. The molecule has 4 unspecified atom stereocenters. The van der Waals surface area contributed by atoms with Crippen molar-refractivity contribution in [3.63, 3.8) is 0 Å². The Bertz CT molecular complexity index is 1080. The molecular formula is C68H135NO5. The van der Waals surface area contributed by atoms with Gasteiger partial charge < -0.3 is 25.7 Å². The van der Waals surface area contributed by atoms with E-state index in [0.29, 0.717) is 12.8 Å². The fourth-order valence-electron chi connectivity index (χ4n) is 11.2. The third kappa shape index (κ3) is 55.8. The summed E-state index contributed by atoms with van der Waals surface area (Å²) in [6.07, 6.45) is 77.6. The summed E-state index contributed by atoms with van der Waals surface area (Å²) < 4.78 is 0. The third-order valence-corrected chi connectivity index (χ3v) is 16.5. The highest BCUT2D eigenvalue weighted by molar-refractivity contribution is 5.80. The largest absolute Gasteiger partial charge is 0.394 e. The van der Waals surface area contributed by atoms with Crippen molar-refractivity contribution in [1.82, 2.24) is 5.32 Å². The van der Waals surface area contributed by atoms with E-state index in [1.54, 1.807) is 0 Å². The Morgan fingerprint density at radius 1 is 0.324 bits per heavy atom. The highest BCUT2D eigenvalue weighted by Gasteiger charge is 2.28. The summed E-state index contributed by atoms with van der Waals surface area (Å²) in [4.78, 5) is 12.6. The molecule has 0 aliphatic heterocycles. The number of hydrogen-bond donors (Lipinski definition) is 5. The van der Waals surface area contributed by atoms with Crippen LogP contribution in [0.2, 0.25) is 0 Å². The van der Waals surface area contributed by atoms with Crippen LogP contribution in [0.5, 0.6) is 0 Å². The molecule has 0 aromatic rings. The summed E-state index contributed by atoms with van der Waals surface area (Å²) >= 11 is 0. The summed E-state index contributed by atoms with van der Waals surface area (Å²) in [5.41, 5.74) is 0. The predicted octanol–water partition coefficient (Wildman–Crippen LogP) is 20.8. The van der Waals surface area contributed by atoms with E-state index in [1.165, 1.54) is 321 Å². The lowest BCUT2D eigenvalue weighted by molar-refractivity contribution is -0.132. The van der Waals surface area contributed by atoms with Crippen molar-refractivity contribution in [3.8, 4) is 0 Å². The monoisotopic (exact) mass is 1050 g/mol. The lowest BCUT2D eigenvalue weighted by Crippen LogP contribution is -2.53. The lowest BCUT2D eigenvalue weighted by Gasteiger charge is -2.27. The fourth-order valence-corrected chi connectivity index (χ4v) is 11.2. The highest BCUT2D eigenvalue weighted by Crippen LogP contribution is 2.20. The minimum atomic E-state index is -1.26. The van der Waals surface area contributed by atoms with Crippen molar-refractivity contribution in [2.45, 2.75) is 411 Å². The van der Waals surface area contributed by atoms with Crippen LogP contribution in [-0.4, -0.2) is 57.3 Å². The summed E-state index contributed by atoms with van der Waals surface area (Å²) in [5.74, 6) is -0.576. The average molecular weight is 1050 g/mol. The van der Waals surface area contributed by atoms with Gasteiger partial charge in [-0.05, 0) is 38.5 Å². The number of rotatable bonds is 64. The fraction of sp³-hybridized carbons (Fsp3) is 0.956. The van der Waals surface area contributed by atoms with Gasteiger partial charge in [0.25, 0.3) is 0 Å². The molecule has 0 rings (SSSR count). The molecule has 0 spiro atoms. The maximum absolute atomic E-state index is 12.6. The Labute approximate surface area is 463 Å². The number of nitrogens with one attached hydrogen (secondary N) is 1. The number of aliphatic hydroxyl groups excluding tert-OH is 4. The number of aliphatic hydroxyl groups is 4. The first-order valence-electron chi connectivity index (χ1n) is 34.1. The third-order valence-electron chi connectivity index (χ3n) is 16.5. The van der Waals surface area contributed by atoms with E-state index in [2.05, 4.69) is 31.3 Å². The van der Waals surface area contributed by atoms with Crippen LogP contribution in [0.1, 0.15) is 386 Å². The number of carbonyl (C=O) groups excluding carboxylic acids is 1.